The number of nitrogens with zero attached hydrogens (tertiary/aromatic N) is 3. The van der Waals surface area contributed by atoms with Crippen molar-refractivity contribution in [2.75, 3.05) is 26.0 Å². The lowest BCUT2D eigenvalue weighted by Gasteiger charge is -2.36. The number of hydrogen-bond donors (Lipinski definition) is 2. The smallest absolute Gasteiger partial charge is 0.339 e. The quantitative estimate of drug-likeness (QED) is 0.865. The zero-order valence-corrected chi connectivity index (χ0v) is 13.2. The summed E-state index contributed by atoms with van der Waals surface area (Å²) in [6, 6.07) is 0. The number of hydrogen-bond acceptors (Lipinski definition) is 5. The molecule has 2 N–H and O–H groups in total. The lowest BCUT2D eigenvalue weighted by Crippen LogP contribution is -2.47. The van der Waals surface area contributed by atoms with Crippen molar-refractivity contribution in [3.63, 3.8) is 0 Å². The molecule has 0 aliphatic heterocycles. The molecule has 0 atom stereocenters. The molecule has 116 valence electrons. The Hall–Kier alpha value is -1.69. The molecular formula is C15H24N4O2. The van der Waals surface area contributed by atoms with E-state index in [1.54, 1.807) is 13.8 Å². The molecule has 1 aliphatic rings. The van der Waals surface area contributed by atoms with Crippen LogP contribution in [0.3, 0.4) is 0 Å². The first-order valence-electron chi connectivity index (χ1n) is 7.36. The predicted molar refractivity (Wildman–Crippen MR) is 81.8 cm³/mol. The molecule has 0 aromatic carbocycles. The van der Waals surface area contributed by atoms with Gasteiger partial charge >= 0.3 is 5.97 Å². The molecule has 2 rings (SSSR count). The van der Waals surface area contributed by atoms with E-state index in [2.05, 4.69) is 34.5 Å². The van der Waals surface area contributed by atoms with E-state index in [0.29, 0.717) is 23.6 Å². The van der Waals surface area contributed by atoms with Gasteiger partial charge in [-0.05, 0) is 46.3 Å². The van der Waals surface area contributed by atoms with E-state index in [-0.39, 0.29) is 11.1 Å². The van der Waals surface area contributed by atoms with Crippen molar-refractivity contribution >= 4 is 11.8 Å². The summed E-state index contributed by atoms with van der Waals surface area (Å²) >= 11 is 0. The number of nitrogens with one attached hydrogen (secondary N) is 1. The minimum Gasteiger partial charge on any atom is -0.478 e. The molecule has 1 aliphatic carbocycles. The molecule has 0 spiro atoms. The van der Waals surface area contributed by atoms with Crippen LogP contribution in [0.5, 0.6) is 0 Å². The van der Waals surface area contributed by atoms with Gasteiger partial charge in [0.25, 0.3) is 0 Å². The number of anilines is 1. The number of aromatic nitrogens is 2. The van der Waals surface area contributed by atoms with Gasteiger partial charge < -0.3 is 15.3 Å². The highest BCUT2D eigenvalue weighted by molar-refractivity contribution is 5.94. The maximum absolute atomic E-state index is 11.5. The summed E-state index contributed by atoms with van der Waals surface area (Å²) < 4.78 is 0. The Labute approximate surface area is 125 Å². The highest BCUT2D eigenvalue weighted by Gasteiger charge is 2.36. The number of carboxylic acids is 1. The minimum absolute atomic E-state index is 0.0796. The van der Waals surface area contributed by atoms with Gasteiger partial charge in [0.05, 0.1) is 5.69 Å². The van der Waals surface area contributed by atoms with Crippen LogP contribution in [-0.2, 0) is 0 Å². The molecule has 0 amide bonds. The highest BCUT2D eigenvalue weighted by atomic mass is 16.4. The first-order valence-corrected chi connectivity index (χ1v) is 7.36. The highest BCUT2D eigenvalue weighted by Crippen LogP contribution is 2.34. The molecule has 1 heterocycles. The maximum atomic E-state index is 11.5. The summed E-state index contributed by atoms with van der Waals surface area (Å²) in [5.41, 5.74) is 1.64. The van der Waals surface area contributed by atoms with Crippen molar-refractivity contribution < 1.29 is 9.90 Å². The average molecular weight is 292 g/mol. The summed E-state index contributed by atoms with van der Waals surface area (Å²) in [6.45, 7) is 4.24. The van der Waals surface area contributed by atoms with E-state index >= 15 is 0 Å². The Morgan fingerprint density at radius 2 is 1.90 bits per heavy atom. The molecule has 1 fully saturated rings. The Kier molecular flexibility index (Phi) is 4.46. The second-order valence-corrected chi connectivity index (χ2v) is 6.12. The van der Waals surface area contributed by atoms with Crippen LogP contribution in [-0.4, -0.2) is 52.4 Å². The van der Waals surface area contributed by atoms with E-state index in [4.69, 9.17) is 0 Å². The van der Waals surface area contributed by atoms with E-state index in [1.165, 1.54) is 12.8 Å². The fraction of sp³-hybridized carbons (Fsp3) is 0.667. The maximum Gasteiger partial charge on any atom is 0.339 e. The van der Waals surface area contributed by atoms with Gasteiger partial charge in [-0.25, -0.2) is 4.79 Å². The Morgan fingerprint density at radius 3 is 2.43 bits per heavy atom. The summed E-state index contributed by atoms with van der Waals surface area (Å²) in [5.74, 6) is -0.586. The van der Waals surface area contributed by atoms with Crippen LogP contribution in [0.15, 0.2) is 0 Å². The van der Waals surface area contributed by atoms with Gasteiger partial charge in [-0.2, -0.15) is 5.10 Å². The molecule has 0 saturated heterocycles. The Bertz CT molecular complexity index is 537. The number of likely N-dealkylation sites (N-methyl/N-ethyl adjacent to an activating group) is 1. The summed E-state index contributed by atoms with van der Waals surface area (Å²) in [4.78, 5) is 13.7. The number of aromatic carboxylic acids is 1. The summed E-state index contributed by atoms with van der Waals surface area (Å²) in [5, 5.41) is 20.7. The van der Waals surface area contributed by atoms with Gasteiger partial charge in [0.1, 0.15) is 5.56 Å². The van der Waals surface area contributed by atoms with Crippen LogP contribution in [0.2, 0.25) is 0 Å². The van der Waals surface area contributed by atoms with Gasteiger partial charge in [0.2, 0.25) is 0 Å². The summed E-state index contributed by atoms with van der Waals surface area (Å²) in [7, 11) is 4.16. The molecule has 1 aromatic heterocycles. The van der Waals surface area contributed by atoms with Crippen LogP contribution < -0.4 is 5.32 Å². The molecule has 0 bridgehead atoms. The molecular weight excluding hydrogens is 268 g/mol. The Morgan fingerprint density at radius 1 is 1.29 bits per heavy atom. The van der Waals surface area contributed by atoms with Crippen molar-refractivity contribution in [2.45, 2.75) is 45.1 Å². The van der Waals surface area contributed by atoms with Gasteiger partial charge in [0.15, 0.2) is 5.82 Å². The fourth-order valence-electron chi connectivity index (χ4n) is 3.06. The normalized spacial score (nSPS) is 17.2. The SMILES string of the molecule is Cc1nnc(NCC2(N(C)C)CCCC2)c(C(=O)O)c1C. The zero-order chi connectivity index (χ0) is 15.6. The predicted octanol–water partition coefficient (Wildman–Crippen LogP) is 2.08. The van der Waals surface area contributed by atoms with Crippen molar-refractivity contribution in [3.8, 4) is 0 Å². The first-order chi connectivity index (χ1) is 9.87. The number of carbonyl (C=O) groups is 1. The molecule has 1 aromatic rings. The van der Waals surface area contributed by atoms with Gasteiger partial charge in [-0.3, -0.25) is 0 Å². The van der Waals surface area contributed by atoms with E-state index < -0.39 is 5.97 Å². The third kappa shape index (κ3) is 3.00. The van der Waals surface area contributed by atoms with Gasteiger partial charge in [-0.15, -0.1) is 5.10 Å². The molecule has 0 radical (unpaired) electrons. The minimum atomic E-state index is -0.960. The third-order valence-corrected chi connectivity index (χ3v) is 4.74. The van der Waals surface area contributed by atoms with E-state index in [1.807, 2.05) is 0 Å². The van der Waals surface area contributed by atoms with Crippen LogP contribution in [0.1, 0.15) is 47.3 Å². The standard InChI is InChI=1S/C15H24N4O2/c1-10-11(2)17-18-13(12(10)14(20)21)16-9-15(19(3)4)7-5-6-8-15/h5-9H2,1-4H3,(H,16,18)(H,20,21). The van der Waals surface area contributed by atoms with Crippen LogP contribution in [0.25, 0.3) is 0 Å². The fourth-order valence-corrected chi connectivity index (χ4v) is 3.06. The first kappa shape index (κ1) is 15.7. The number of rotatable bonds is 5. The van der Waals surface area contributed by atoms with Crippen molar-refractivity contribution in [3.05, 3.63) is 16.8 Å². The number of aryl methyl sites for hydroxylation is 1. The Balaban J connectivity index is 2.24. The zero-order valence-electron chi connectivity index (χ0n) is 13.2. The lowest BCUT2D eigenvalue weighted by molar-refractivity contribution is 0.0696. The monoisotopic (exact) mass is 292 g/mol. The largest absolute Gasteiger partial charge is 0.478 e. The molecule has 6 heteroatoms. The van der Waals surface area contributed by atoms with E-state index in [9.17, 15) is 9.90 Å². The van der Waals surface area contributed by atoms with Crippen molar-refractivity contribution in [2.24, 2.45) is 0 Å². The van der Waals surface area contributed by atoms with Crippen molar-refractivity contribution in [1.82, 2.24) is 15.1 Å². The van der Waals surface area contributed by atoms with E-state index in [0.717, 1.165) is 12.8 Å². The van der Waals surface area contributed by atoms with Gasteiger partial charge in [-0.1, -0.05) is 12.8 Å². The molecule has 6 nitrogen and oxygen atoms in total. The topological polar surface area (TPSA) is 78.4 Å². The third-order valence-electron chi connectivity index (χ3n) is 4.74. The van der Waals surface area contributed by atoms with Crippen LogP contribution in [0.4, 0.5) is 5.82 Å². The van der Waals surface area contributed by atoms with Crippen molar-refractivity contribution in [1.29, 1.82) is 0 Å². The lowest BCUT2D eigenvalue weighted by atomic mass is 9.96. The summed E-state index contributed by atoms with van der Waals surface area (Å²) in [6.07, 6.45) is 4.66. The average Bonchev–Trinajstić information content (AvgIpc) is 2.89. The molecule has 0 unspecified atom stereocenters. The second kappa shape index (κ2) is 5.97. The molecule has 21 heavy (non-hydrogen) atoms. The van der Waals surface area contributed by atoms with Crippen LogP contribution >= 0.6 is 0 Å². The van der Waals surface area contributed by atoms with Crippen LogP contribution in [0, 0.1) is 13.8 Å². The number of carboxylic acid groups (broad SMARTS) is 1. The molecule has 1 saturated carbocycles. The second-order valence-electron chi connectivity index (χ2n) is 6.12. The van der Waals surface area contributed by atoms with Gasteiger partial charge in [0, 0.05) is 12.1 Å².